The van der Waals surface area contributed by atoms with Crippen molar-refractivity contribution in [3.05, 3.63) is 35.8 Å². The van der Waals surface area contributed by atoms with Gasteiger partial charge in [-0.15, -0.1) is 24.0 Å². The molecule has 160 valence electrons. The van der Waals surface area contributed by atoms with Crippen molar-refractivity contribution < 1.29 is 4.74 Å². The van der Waals surface area contributed by atoms with E-state index in [1.165, 1.54) is 18.7 Å². The number of imidazole rings is 1. The summed E-state index contributed by atoms with van der Waals surface area (Å²) in [5, 5.41) is 7.00. The molecule has 4 heterocycles. The number of pyridine rings is 1. The molecule has 0 radical (unpaired) electrons. The highest BCUT2D eigenvalue weighted by molar-refractivity contribution is 14.0. The normalized spacial score (nSPS) is 21.3. The van der Waals surface area contributed by atoms with Crippen LogP contribution in [0.2, 0.25) is 0 Å². The Labute approximate surface area is 190 Å². The lowest BCUT2D eigenvalue weighted by Crippen LogP contribution is -2.49. The highest BCUT2D eigenvalue weighted by Crippen LogP contribution is 2.17. The summed E-state index contributed by atoms with van der Waals surface area (Å²) in [5.74, 6) is 1.59. The number of nitrogens with zero attached hydrogens (tertiary/aromatic N) is 4. The van der Waals surface area contributed by atoms with Gasteiger partial charge in [-0.3, -0.25) is 4.99 Å². The quantitative estimate of drug-likeness (QED) is 0.366. The van der Waals surface area contributed by atoms with Gasteiger partial charge in [-0.25, -0.2) is 4.98 Å². The number of ether oxygens (including phenoxy) is 1. The number of aliphatic imine (C=N–C) groups is 1. The molecule has 0 aromatic carbocycles. The first-order valence-corrected chi connectivity index (χ1v) is 10.4. The molecule has 1 unspecified atom stereocenters. The number of likely N-dealkylation sites (tertiary alicyclic amines) is 1. The van der Waals surface area contributed by atoms with E-state index in [1.54, 1.807) is 0 Å². The molecule has 0 amide bonds. The van der Waals surface area contributed by atoms with Crippen LogP contribution in [0, 0.1) is 12.8 Å². The standard InChI is InChI=1S/C21H32N6O.HI/c1-16-4-3-5-20-24-19(14-27(16)20)12-23-21(22-2)25-18-6-9-26(10-7-18)13-17-8-11-28-15-17;/h3-5,14,17-18H,6-13,15H2,1-2H3,(H2,22,23,25);1H. The minimum atomic E-state index is 0. The Morgan fingerprint density at radius 2 is 2.10 bits per heavy atom. The topological polar surface area (TPSA) is 66.2 Å². The van der Waals surface area contributed by atoms with Crippen LogP contribution in [-0.2, 0) is 11.3 Å². The van der Waals surface area contributed by atoms with Crippen LogP contribution < -0.4 is 10.6 Å². The van der Waals surface area contributed by atoms with E-state index < -0.39 is 0 Å². The Morgan fingerprint density at radius 1 is 1.28 bits per heavy atom. The van der Waals surface area contributed by atoms with Gasteiger partial charge in [-0.2, -0.15) is 0 Å². The zero-order valence-electron chi connectivity index (χ0n) is 17.4. The van der Waals surface area contributed by atoms with Crippen LogP contribution in [0.5, 0.6) is 0 Å². The minimum absolute atomic E-state index is 0. The van der Waals surface area contributed by atoms with Crippen LogP contribution in [-0.4, -0.2) is 66.2 Å². The van der Waals surface area contributed by atoms with Gasteiger partial charge >= 0.3 is 0 Å². The van der Waals surface area contributed by atoms with E-state index in [2.05, 4.69) is 49.1 Å². The number of fused-ring (bicyclic) bond motifs is 1. The molecular formula is C21H33IN6O. The van der Waals surface area contributed by atoms with Crippen LogP contribution in [0.4, 0.5) is 0 Å². The number of hydrogen-bond donors (Lipinski definition) is 2. The van der Waals surface area contributed by atoms with Crippen molar-refractivity contribution >= 4 is 35.6 Å². The maximum Gasteiger partial charge on any atom is 0.191 e. The first-order valence-electron chi connectivity index (χ1n) is 10.4. The fourth-order valence-corrected chi connectivity index (χ4v) is 4.20. The molecule has 0 spiro atoms. The van der Waals surface area contributed by atoms with Crippen LogP contribution in [0.25, 0.3) is 5.65 Å². The molecule has 0 bridgehead atoms. The molecule has 2 saturated heterocycles. The fraction of sp³-hybridized carbons (Fsp3) is 0.619. The summed E-state index contributed by atoms with van der Waals surface area (Å²) in [4.78, 5) is 11.7. The van der Waals surface area contributed by atoms with Crippen LogP contribution in [0.3, 0.4) is 0 Å². The number of halogens is 1. The van der Waals surface area contributed by atoms with Crippen LogP contribution >= 0.6 is 24.0 Å². The van der Waals surface area contributed by atoms with Gasteiger partial charge in [0.25, 0.3) is 0 Å². The third-order valence-corrected chi connectivity index (χ3v) is 5.88. The zero-order valence-corrected chi connectivity index (χ0v) is 19.8. The highest BCUT2D eigenvalue weighted by atomic mass is 127. The molecule has 1 atom stereocenters. The molecule has 8 heteroatoms. The number of rotatable bonds is 5. The molecule has 2 fully saturated rings. The van der Waals surface area contributed by atoms with Gasteiger partial charge in [-0.05, 0) is 44.2 Å². The summed E-state index contributed by atoms with van der Waals surface area (Å²) >= 11 is 0. The van der Waals surface area contributed by atoms with Crippen molar-refractivity contribution in [3.63, 3.8) is 0 Å². The first kappa shape index (κ1) is 22.3. The Kier molecular flexibility index (Phi) is 8.14. The molecule has 2 N–H and O–H groups in total. The second-order valence-electron chi connectivity index (χ2n) is 8.00. The van der Waals surface area contributed by atoms with Gasteiger partial charge in [0.2, 0.25) is 0 Å². The van der Waals surface area contributed by atoms with Gasteiger partial charge in [0.1, 0.15) is 5.65 Å². The first-order chi connectivity index (χ1) is 13.7. The summed E-state index contributed by atoms with van der Waals surface area (Å²) < 4.78 is 7.63. The lowest BCUT2D eigenvalue weighted by molar-refractivity contribution is 0.150. The summed E-state index contributed by atoms with van der Waals surface area (Å²) in [6.45, 7) is 8.13. The second-order valence-corrected chi connectivity index (χ2v) is 8.00. The summed E-state index contributed by atoms with van der Waals surface area (Å²) in [5.41, 5.74) is 3.19. The number of piperidine rings is 1. The van der Waals surface area contributed by atoms with Crippen molar-refractivity contribution in [2.45, 2.75) is 38.8 Å². The number of hydrogen-bond acceptors (Lipinski definition) is 4. The van der Waals surface area contributed by atoms with E-state index in [0.29, 0.717) is 12.6 Å². The summed E-state index contributed by atoms with van der Waals surface area (Å²) in [7, 11) is 1.83. The average Bonchev–Trinajstić information content (AvgIpc) is 3.36. The molecule has 2 aliphatic rings. The second kappa shape index (κ2) is 10.6. The predicted molar refractivity (Wildman–Crippen MR) is 127 cm³/mol. The number of nitrogens with one attached hydrogen (secondary N) is 2. The monoisotopic (exact) mass is 512 g/mol. The molecule has 0 saturated carbocycles. The Balaban J connectivity index is 0.00000240. The van der Waals surface area contributed by atoms with E-state index in [1.807, 2.05) is 19.2 Å². The average molecular weight is 512 g/mol. The molecule has 2 aromatic heterocycles. The lowest BCUT2D eigenvalue weighted by atomic mass is 10.0. The largest absolute Gasteiger partial charge is 0.381 e. The fourth-order valence-electron chi connectivity index (χ4n) is 4.20. The maximum atomic E-state index is 5.51. The van der Waals surface area contributed by atoms with Gasteiger partial charge in [0.05, 0.1) is 18.8 Å². The smallest absolute Gasteiger partial charge is 0.191 e. The molecule has 7 nitrogen and oxygen atoms in total. The van der Waals surface area contributed by atoms with Crippen LogP contribution in [0.1, 0.15) is 30.7 Å². The van der Waals surface area contributed by atoms with Gasteiger partial charge in [0.15, 0.2) is 5.96 Å². The molecule has 2 aromatic rings. The minimum Gasteiger partial charge on any atom is -0.381 e. The lowest BCUT2D eigenvalue weighted by Gasteiger charge is -2.34. The van der Waals surface area contributed by atoms with Crippen molar-refractivity contribution in [1.29, 1.82) is 0 Å². The number of guanidine groups is 1. The van der Waals surface area contributed by atoms with Gasteiger partial charge in [0, 0.05) is 51.2 Å². The van der Waals surface area contributed by atoms with Crippen molar-refractivity contribution in [3.8, 4) is 0 Å². The van der Waals surface area contributed by atoms with E-state index in [4.69, 9.17) is 4.74 Å². The van der Waals surface area contributed by atoms with E-state index in [9.17, 15) is 0 Å². The number of aryl methyl sites for hydroxylation is 1. The van der Waals surface area contributed by atoms with E-state index in [-0.39, 0.29) is 24.0 Å². The molecular weight excluding hydrogens is 479 g/mol. The Bertz CT molecular complexity index is 809. The third kappa shape index (κ3) is 5.82. The Morgan fingerprint density at radius 3 is 2.79 bits per heavy atom. The SMILES string of the molecule is CN=C(NCc1cn2c(C)cccc2n1)NC1CCN(CC2CCOC2)CC1.I. The Hall–Kier alpha value is -1.39. The predicted octanol–water partition coefficient (Wildman–Crippen LogP) is 2.43. The third-order valence-electron chi connectivity index (χ3n) is 5.88. The molecule has 4 rings (SSSR count). The summed E-state index contributed by atoms with van der Waals surface area (Å²) in [6.07, 6.45) is 5.62. The molecule has 0 aliphatic carbocycles. The zero-order chi connectivity index (χ0) is 19.3. The molecule has 29 heavy (non-hydrogen) atoms. The van der Waals surface area contributed by atoms with Crippen molar-refractivity contribution in [2.75, 3.05) is 39.9 Å². The van der Waals surface area contributed by atoms with Crippen LogP contribution in [0.15, 0.2) is 29.4 Å². The number of aromatic nitrogens is 2. The van der Waals surface area contributed by atoms with Gasteiger partial charge in [-0.1, -0.05) is 6.07 Å². The van der Waals surface area contributed by atoms with E-state index >= 15 is 0 Å². The molecule has 2 aliphatic heterocycles. The summed E-state index contributed by atoms with van der Waals surface area (Å²) in [6, 6.07) is 6.65. The maximum absolute atomic E-state index is 5.51. The van der Waals surface area contributed by atoms with Crippen molar-refractivity contribution in [1.82, 2.24) is 24.9 Å². The highest BCUT2D eigenvalue weighted by Gasteiger charge is 2.24. The van der Waals surface area contributed by atoms with E-state index in [0.717, 1.165) is 62.4 Å². The van der Waals surface area contributed by atoms with Gasteiger partial charge < -0.3 is 24.7 Å². The van der Waals surface area contributed by atoms with Crippen molar-refractivity contribution in [2.24, 2.45) is 10.9 Å².